The lowest BCUT2D eigenvalue weighted by Crippen LogP contribution is -2.19. The molecule has 0 bridgehead atoms. The molecule has 1 aliphatic rings. The minimum atomic E-state index is -0.714. The third kappa shape index (κ3) is 4.63. The van der Waals surface area contributed by atoms with Gasteiger partial charge in [0.25, 0.3) is 11.8 Å². The molecule has 5 rings (SSSR count). The molecule has 1 aromatic heterocycles. The van der Waals surface area contributed by atoms with Crippen LogP contribution in [0.4, 0.5) is 15.8 Å². The van der Waals surface area contributed by atoms with E-state index in [0.717, 1.165) is 28.2 Å². The minimum Gasteiger partial charge on any atom is -0.486 e. The van der Waals surface area contributed by atoms with Crippen LogP contribution in [0.3, 0.4) is 0 Å². The summed E-state index contributed by atoms with van der Waals surface area (Å²) < 4.78 is 25.3. The number of hydrogen-bond acceptors (Lipinski definition) is 5. The number of halogens is 1. The Kier molecular flexibility index (Phi) is 5.78. The van der Waals surface area contributed by atoms with Crippen LogP contribution < -0.4 is 20.1 Å². The Hall–Kier alpha value is -4.46. The van der Waals surface area contributed by atoms with E-state index in [2.05, 4.69) is 15.6 Å². The lowest BCUT2D eigenvalue weighted by molar-refractivity contribution is 0.101. The minimum absolute atomic E-state index is 0.166. The largest absolute Gasteiger partial charge is 0.486 e. The van der Waals surface area contributed by atoms with Crippen LogP contribution in [0.2, 0.25) is 0 Å². The van der Waals surface area contributed by atoms with Gasteiger partial charge in [0.05, 0.1) is 11.1 Å². The lowest BCUT2D eigenvalue weighted by Gasteiger charge is -2.19. The van der Waals surface area contributed by atoms with Crippen molar-refractivity contribution in [2.75, 3.05) is 23.8 Å². The zero-order valence-corrected chi connectivity index (χ0v) is 19.1. The molecule has 0 saturated heterocycles. The van der Waals surface area contributed by atoms with Gasteiger partial charge in [-0.05, 0) is 61.9 Å². The fourth-order valence-electron chi connectivity index (χ4n) is 3.83. The standard InChI is InChI=1S/C27H22FN3O4/c1-15-3-7-19(30-27(33)20-13-24-25(14-21(20)28)35-10-9-34-24)12-23(15)31-26(32)18-6-8-22-17(11-18)5-4-16(2)29-22/h3-8,11-14H,9-10H2,1-2H3,(H,30,33)(H,31,32). The number of benzene rings is 3. The maximum Gasteiger partial charge on any atom is 0.258 e. The van der Waals surface area contributed by atoms with Crippen LogP contribution in [-0.2, 0) is 0 Å². The van der Waals surface area contributed by atoms with Gasteiger partial charge in [0.2, 0.25) is 0 Å². The van der Waals surface area contributed by atoms with Gasteiger partial charge in [-0.2, -0.15) is 0 Å². The Bertz CT molecular complexity index is 1490. The van der Waals surface area contributed by atoms with Gasteiger partial charge in [-0.15, -0.1) is 0 Å². The molecule has 0 spiro atoms. The van der Waals surface area contributed by atoms with E-state index in [-0.39, 0.29) is 17.2 Å². The number of aromatic nitrogens is 1. The van der Waals surface area contributed by atoms with Gasteiger partial charge in [-0.3, -0.25) is 14.6 Å². The molecule has 7 nitrogen and oxygen atoms in total. The number of nitrogens with zero attached hydrogens (tertiary/aromatic N) is 1. The summed E-state index contributed by atoms with van der Waals surface area (Å²) in [6, 6.07) is 16.7. The van der Waals surface area contributed by atoms with Crippen molar-refractivity contribution in [1.29, 1.82) is 0 Å². The zero-order valence-electron chi connectivity index (χ0n) is 19.1. The van der Waals surface area contributed by atoms with E-state index in [1.54, 1.807) is 30.3 Å². The van der Waals surface area contributed by atoms with Crippen LogP contribution in [0.1, 0.15) is 32.0 Å². The van der Waals surface area contributed by atoms with Crippen molar-refractivity contribution >= 4 is 34.1 Å². The van der Waals surface area contributed by atoms with Crippen LogP contribution in [0.25, 0.3) is 10.9 Å². The monoisotopic (exact) mass is 471 g/mol. The maximum atomic E-state index is 14.5. The van der Waals surface area contributed by atoms with Gasteiger partial charge in [-0.1, -0.05) is 12.1 Å². The smallest absolute Gasteiger partial charge is 0.258 e. The Morgan fingerprint density at radius 1 is 0.857 bits per heavy atom. The number of aryl methyl sites for hydroxylation is 2. The van der Waals surface area contributed by atoms with E-state index in [9.17, 15) is 14.0 Å². The molecular weight excluding hydrogens is 449 g/mol. The number of amides is 2. The van der Waals surface area contributed by atoms with Crippen molar-refractivity contribution in [1.82, 2.24) is 4.98 Å². The Morgan fingerprint density at radius 3 is 2.43 bits per heavy atom. The van der Waals surface area contributed by atoms with Gasteiger partial charge in [0.1, 0.15) is 19.0 Å². The summed E-state index contributed by atoms with van der Waals surface area (Å²) in [6.07, 6.45) is 0. The quantitative estimate of drug-likeness (QED) is 0.424. The molecule has 4 aromatic rings. The maximum absolute atomic E-state index is 14.5. The van der Waals surface area contributed by atoms with E-state index in [0.29, 0.717) is 35.9 Å². The SMILES string of the molecule is Cc1ccc2cc(C(=O)Nc3cc(NC(=O)c4cc5c(cc4F)OCCO5)ccc3C)ccc2n1. The van der Waals surface area contributed by atoms with E-state index in [1.807, 2.05) is 32.0 Å². The number of carbonyl (C=O) groups excluding carboxylic acids is 2. The summed E-state index contributed by atoms with van der Waals surface area (Å²) in [6.45, 7) is 4.41. The number of carbonyl (C=O) groups is 2. The average molecular weight is 471 g/mol. The summed E-state index contributed by atoms with van der Waals surface area (Å²) in [4.78, 5) is 30.1. The Morgan fingerprint density at radius 2 is 1.63 bits per heavy atom. The van der Waals surface area contributed by atoms with Crippen molar-refractivity contribution in [3.63, 3.8) is 0 Å². The normalized spacial score (nSPS) is 12.3. The van der Waals surface area contributed by atoms with E-state index >= 15 is 0 Å². The molecule has 0 radical (unpaired) electrons. The van der Waals surface area contributed by atoms with Crippen molar-refractivity contribution in [2.24, 2.45) is 0 Å². The summed E-state index contributed by atoms with van der Waals surface area (Å²) in [5, 5.41) is 6.43. The number of anilines is 2. The highest BCUT2D eigenvalue weighted by atomic mass is 19.1. The van der Waals surface area contributed by atoms with Gasteiger partial charge in [0, 0.05) is 34.1 Å². The van der Waals surface area contributed by atoms with Crippen LogP contribution in [0.15, 0.2) is 60.7 Å². The van der Waals surface area contributed by atoms with E-state index < -0.39 is 11.7 Å². The molecule has 176 valence electrons. The van der Waals surface area contributed by atoms with Crippen LogP contribution in [0, 0.1) is 19.7 Å². The second-order valence-corrected chi connectivity index (χ2v) is 8.27. The molecule has 2 N–H and O–H groups in total. The van der Waals surface area contributed by atoms with E-state index in [1.165, 1.54) is 6.07 Å². The third-order valence-electron chi connectivity index (χ3n) is 5.71. The molecular formula is C27H22FN3O4. The molecule has 35 heavy (non-hydrogen) atoms. The zero-order chi connectivity index (χ0) is 24.5. The first-order valence-electron chi connectivity index (χ1n) is 11.1. The van der Waals surface area contributed by atoms with Gasteiger partial charge in [0.15, 0.2) is 11.5 Å². The fraction of sp³-hybridized carbons (Fsp3) is 0.148. The Balaban J connectivity index is 1.35. The molecule has 0 atom stereocenters. The number of pyridine rings is 1. The first-order valence-corrected chi connectivity index (χ1v) is 11.1. The Labute approximate surface area is 200 Å². The van der Waals surface area contributed by atoms with E-state index in [4.69, 9.17) is 9.47 Å². The van der Waals surface area contributed by atoms with Crippen molar-refractivity contribution < 1.29 is 23.5 Å². The summed E-state index contributed by atoms with van der Waals surface area (Å²) >= 11 is 0. The van der Waals surface area contributed by atoms with Crippen molar-refractivity contribution in [3.8, 4) is 11.5 Å². The molecule has 1 aliphatic heterocycles. The predicted molar refractivity (Wildman–Crippen MR) is 131 cm³/mol. The first kappa shape index (κ1) is 22.3. The molecule has 8 heteroatoms. The highest BCUT2D eigenvalue weighted by Gasteiger charge is 2.20. The predicted octanol–water partition coefficient (Wildman–Crippen LogP) is 5.27. The van der Waals surface area contributed by atoms with Gasteiger partial charge in [-0.25, -0.2) is 4.39 Å². The second-order valence-electron chi connectivity index (χ2n) is 8.27. The number of hydrogen-bond donors (Lipinski definition) is 2. The van der Waals surface area contributed by atoms with Gasteiger partial charge < -0.3 is 20.1 Å². The molecule has 2 amide bonds. The molecule has 2 heterocycles. The highest BCUT2D eigenvalue weighted by molar-refractivity contribution is 6.08. The number of rotatable bonds is 4. The molecule has 0 unspecified atom stereocenters. The topological polar surface area (TPSA) is 89.6 Å². The molecule has 3 aromatic carbocycles. The number of ether oxygens (including phenoxy) is 2. The van der Waals surface area contributed by atoms with Crippen molar-refractivity contribution in [3.05, 3.63) is 88.9 Å². The number of fused-ring (bicyclic) bond motifs is 2. The summed E-state index contributed by atoms with van der Waals surface area (Å²) in [5.74, 6) is -1.06. The van der Waals surface area contributed by atoms with Crippen molar-refractivity contribution in [2.45, 2.75) is 13.8 Å². The van der Waals surface area contributed by atoms with Gasteiger partial charge >= 0.3 is 0 Å². The molecule has 0 saturated carbocycles. The van der Waals surface area contributed by atoms with Crippen LogP contribution >= 0.6 is 0 Å². The first-order chi connectivity index (χ1) is 16.9. The lowest BCUT2D eigenvalue weighted by atomic mass is 10.1. The highest BCUT2D eigenvalue weighted by Crippen LogP contribution is 2.33. The second kappa shape index (κ2) is 9.06. The molecule has 0 fully saturated rings. The number of nitrogens with one attached hydrogen (secondary N) is 2. The molecule has 0 aliphatic carbocycles. The average Bonchev–Trinajstić information content (AvgIpc) is 2.85. The van der Waals surface area contributed by atoms with Crippen LogP contribution in [0.5, 0.6) is 11.5 Å². The third-order valence-corrected chi connectivity index (χ3v) is 5.71. The fourth-order valence-corrected chi connectivity index (χ4v) is 3.83. The summed E-state index contributed by atoms with van der Waals surface area (Å²) in [5.41, 5.74) is 3.77. The van der Waals surface area contributed by atoms with Crippen LogP contribution in [-0.4, -0.2) is 30.0 Å². The summed E-state index contributed by atoms with van der Waals surface area (Å²) in [7, 11) is 0.